The third-order valence-electron chi connectivity index (χ3n) is 3.48. The molecule has 0 aliphatic carbocycles. The molecule has 0 fully saturated rings. The van der Waals surface area contributed by atoms with Crippen LogP contribution in [-0.2, 0) is 13.1 Å². The summed E-state index contributed by atoms with van der Waals surface area (Å²) in [5.41, 5.74) is 3.23. The van der Waals surface area contributed by atoms with E-state index >= 15 is 0 Å². The lowest BCUT2D eigenvalue weighted by molar-refractivity contribution is 0.0951. The van der Waals surface area contributed by atoms with Gasteiger partial charge in [0.15, 0.2) is 0 Å². The van der Waals surface area contributed by atoms with Crippen molar-refractivity contribution in [2.45, 2.75) is 20.0 Å². The SMILES string of the molecule is CCn1c(Cl)nc2cc(C(=O)NCc3ccncc3)ccc21. The number of hydrogen-bond acceptors (Lipinski definition) is 3. The topological polar surface area (TPSA) is 59.8 Å². The Hall–Kier alpha value is -2.40. The van der Waals surface area contributed by atoms with E-state index in [-0.39, 0.29) is 5.91 Å². The Labute approximate surface area is 133 Å². The molecule has 0 radical (unpaired) electrons. The number of aromatic nitrogens is 3. The van der Waals surface area contributed by atoms with Gasteiger partial charge in [0.2, 0.25) is 5.28 Å². The first-order valence-electron chi connectivity index (χ1n) is 7.02. The molecule has 0 atom stereocenters. The smallest absolute Gasteiger partial charge is 0.251 e. The van der Waals surface area contributed by atoms with Crippen molar-refractivity contribution in [3.05, 3.63) is 59.1 Å². The Kier molecular flexibility index (Phi) is 4.06. The van der Waals surface area contributed by atoms with Crippen LogP contribution in [0, 0.1) is 0 Å². The summed E-state index contributed by atoms with van der Waals surface area (Å²) in [6.45, 7) is 3.20. The van der Waals surface area contributed by atoms with E-state index in [1.807, 2.05) is 29.7 Å². The minimum absolute atomic E-state index is 0.138. The molecule has 0 aliphatic heterocycles. The quantitative estimate of drug-likeness (QED) is 0.805. The molecular weight excluding hydrogens is 300 g/mol. The van der Waals surface area contributed by atoms with Gasteiger partial charge in [-0.15, -0.1) is 0 Å². The maximum Gasteiger partial charge on any atom is 0.251 e. The minimum atomic E-state index is -0.138. The maximum absolute atomic E-state index is 12.2. The monoisotopic (exact) mass is 314 g/mol. The lowest BCUT2D eigenvalue weighted by Gasteiger charge is -2.06. The number of nitrogens with zero attached hydrogens (tertiary/aromatic N) is 3. The van der Waals surface area contributed by atoms with E-state index in [4.69, 9.17) is 11.6 Å². The molecule has 112 valence electrons. The number of benzene rings is 1. The van der Waals surface area contributed by atoms with Crippen LogP contribution < -0.4 is 5.32 Å². The second-order valence-corrected chi connectivity index (χ2v) is 5.20. The van der Waals surface area contributed by atoms with Crippen molar-refractivity contribution < 1.29 is 4.79 Å². The fraction of sp³-hybridized carbons (Fsp3) is 0.188. The summed E-state index contributed by atoms with van der Waals surface area (Å²) >= 11 is 6.09. The van der Waals surface area contributed by atoms with E-state index in [0.29, 0.717) is 17.4 Å². The number of rotatable bonds is 4. The molecule has 1 amide bonds. The highest BCUT2D eigenvalue weighted by Gasteiger charge is 2.11. The highest BCUT2D eigenvalue weighted by molar-refractivity contribution is 6.29. The van der Waals surface area contributed by atoms with Crippen molar-refractivity contribution in [2.75, 3.05) is 0 Å². The zero-order chi connectivity index (χ0) is 15.5. The first-order chi connectivity index (χ1) is 10.7. The van der Waals surface area contributed by atoms with Crippen LogP contribution in [0.25, 0.3) is 11.0 Å². The molecule has 0 saturated heterocycles. The number of aryl methyl sites for hydroxylation is 1. The van der Waals surface area contributed by atoms with Crippen LogP contribution in [-0.4, -0.2) is 20.4 Å². The lowest BCUT2D eigenvalue weighted by atomic mass is 10.2. The largest absolute Gasteiger partial charge is 0.348 e. The Morgan fingerprint density at radius 2 is 2.05 bits per heavy atom. The number of hydrogen-bond donors (Lipinski definition) is 1. The average Bonchev–Trinajstić information content (AvgIpc) is 2.87. The number of pyridine rings is 1. The van der Waals surface area contributed by atoms with Crippen LogP contribution in [0.1, 0.15) is 22.8 Å². The Balaban J connectivity index is 1.79. The van der Waals surface area contributed by atoms with Crippen LogP contribution in [0.3, 0.4) is 0 Å². The number of fused-ring (bicyclic) bond motifs is 1. The van der Waals surface area contributed by atoms with Gasteiger partial charge in [-0.1, -0.05) is 0 Å². The van der Waals surface area contributed by atoms with E-state index in [2.05, 4.69) is 15.3 Å². The van der Waals surface area contributed by atoms with Gasteiger partial charge < -0.3 is 9.88 Å². The van der Waals surface area contributed by atoms with Crippen molar-refractivity contribution >= 4 is 28.5 Å². The van der Waals surface area contributed by atoms with Gasteiger partial charge in [-0.25, -0.2) is 4.98 Å². The molecule has 0 bridgehead atoms. The summed E-state index contributed by atoms with van der Waals surface area (Å²) in [6.07, 6.45) is 3.40. The van der Waals surface area contributed by atoms with Crippen molar-refractivity contribution in [1.29, 1.82) is 0 Å². The van der Waals surface area contributed by atoms with E-state index < -0.39 is 0 Å². The molecule has 1 aromatic carbocycles. The van der Waals surface area contributed by atoms with E-state index in [0.717, 1.165) is 23.1 Å². The lowest BCUT2D eigenvalue weighted by Crippen LogP contribution is -2.22. The molecule has 0 aliphatic rings. The zero-order valence-electron chi connectivity index (χ0n) is 12.1. The first kappa shape index (κ1) is 14.5. The molecule has 6 heteroatoms. The van der Waals surface area contributed by atoms with E-state index in [1.54, 1.807) is 24.5 Å². The van der Waals surface area contributed by atoms with Gasteiger partial charge in [0.25, 0.3) is 5.91 Å². The van der Waals surface area contributed by atoms with E-state index in [1.165, 1.54) is 0 Å². The van der Waals surface area contributed by atoms with Gasteiger partial charge in [0, 0.05) is 31.0 Å². The molecule has 5 nitrogen and oxygen atoms in total. The van der Waals surface area contributed by atoms with Gasteiger partial charge in [0.1, 0.15) is 0 Å². The molecule has 22 heavy (non-hydrogen) atoms. The zero-order valence-corrected chi connectivity index (χ0v) is 12.8. The van der Waals surface area contributed by atoms with Crippen LogP contribution >= 0.6 is 11.6 Å². The normalized spacial score (nSPS) is 10.8. The summed E-state index contributed by atoms with van der Waals surface area (Å²) in [6, 6.07) is 9.15. The number of halogens is 1. The maximum atomic E-state index is 12.2. The standard InChI is InChI=1S/C16H15ClN4O/c1-2-21-14-4-3-12(9-13(14)20-16(21)17)15(22)19-10-11-5-7-18-8-6-11/h3-9H,2,10H2,1H3,(H,19,22). The molecule has 3 rings (SSSR count). The van der Waals surface area contributed by atoms with Crippen LogP contribution in [0.5, 0.6) is 0 Å². The highest BCUT2D eigenvalue weighted by atomic mass is 35.5. The third kappa shape index (κ3) is 2.80. The number of amides is 1. The highest BCUT2D eigenvalue weighted by Crippen LogP contribution is 2.21. The van der Waals surface area contributed by atoms with Crippen LogP contribution in [0.15, 0.2) is 42.7 Å². The third-order valence-corrected chi connectivity index (χ3v) is 3.77. The second kappa shape index (κ2) is 6.15. The van der Waals surface area contributed by atoms with E-state index in [9.17, 15) is 4.79 Å². The predicted molar refractivity (Wildman–Crippen MR) is 85.8 cm³/mol. The molecule has 0 unspecified atom stereocenters. The van der Waals surface area contributed by atoms with Gasteiger partial charge in [-0.3, -0.25) is 9.78 Å². The van der Waals surface area contributed by atoms with Gasteiger partial charge in [0.05, 0.1) is 11.0 Å². The Morgan fingerprint density at radius 1 is 1.27 bits per heavy atom. The summed E-state index contributed by atoms with van der Waals surface area (Å²) in [4.78, 5) is 20.5. The van der Waals surface area contributed by atoms with Crippen LogP contribution in [0.2, 0.25) is 5.28 Å². The molecule has 3 aromatic rings. The number of nitrogens with one attached hydrogen (secondary N) is 1. The van der Waals surface area contributed by atoms with Crippen molar-refractivity contribution in [3.63, 3.8) is 0 Å². The van der Waals surface area contributed by atoms with Gasteiger partial charge in [-0.2, -0.15) is 0 Å². The fourth-order valence-electron chi connectivity index (χ4n) is 2.33. The molecule has 0 saturated carbocycles. The summed E-state index contributed by atoms with van der Waals surface area (Å²) in [5.74, 6) is -0.138. The number of carbonyl (C=O) groups is 1. The molecule has 1 N–H and O–H groups in total. The molecule has 0 spiro atoms. The molecular formula is C16H15ClN4O. The van der Waals surface area contributed by atoms with Gasteiger partial charge >= 0.3 is 0 Å². The number of imidazole rings is 1. The van der Waals surface area contributed by atoms with Crippen LogP contribution in [0.4, 0.5) is 0 Å². The summed E-state index contributed by atoms with van der Waals surface area (Å²) in [7, 11) is 0. The first-order valence-corrected chi connectivity index (χ1v) is 7.39. The Morgan fingerprint density at radius 3 is 2.77 bits per heavy atom. The fourth-order valence-corrected chi connectivity index (χ4v) is 2.63. The number of carbonyl (C=O) groups excluding carboxylic acids is 1. The molecule has 2 aromatic heterocycles. The van der Waals surface area contributed by atoms with Crippen molar-refractivity contribution in [2.24, 2.45) is 0 Å². The average molecular weight is 315 g/mol. The predicted octanol–water partition coefficient (Wildman–Crippen LogP) is 3.03. The van der Waals surface area contributed by atoms with Crippen molar-refractivity contribution in [3.8, 4) is 0 Å². The second-order valence-electron chi connectivity index (χ2n) is 4.87. The summed E-state index contributed by atoms with van der Waals surface area (Å²) in [5, 5.41) is 3.32. The van der Waals surface area contributed by atoms with Gasteiger partial charge in [-0.05, 0) is 54.4 Å². The summed E-state index contributed by atoms with van der Waals surface area (Å²) < 4.78 is 1.90. The minimum Gasteiger partial charge on any atom is -0.348 e. The molecule has 2 heterocycles. The Bertz CT molecular complexity index is 814. The van der Waals surface area contributed by atoms with Crippen molar-refractivity contribution in [1.82, 2.24) is 19.9 Å².